The summed E-state index contributed by atoms with van der Waals surface area (Å²) in [7, 11) is 1.86. The molecule has 0 bridgehead atoms. The van der Waals surface area contributed by atoms with Crippen LogP contribution < -0.4 is 5.32 Å². The van der Waals surface area contributed by atoms with Crippen LogP contribution in [0, 0.1) is 13.8 Å². The maximum absolute atomic E-state index is 5.41. The summed E-state index contributed by atoms with van der Waals surface area (Å²) < 4.78 is 5.41. The van der Waals surface area contributed by atoms with Crippen LogP contribution in [-0.2, 0) is 11.3 Å². The van der Waals surface area contributed by atoms with Crippen molar-refractivity contribution < 1.29 is 4.74 Å². The Morgan fingerprint density at radius 3 is 2.70 bits per heavy atom. The van der Waals surface area contributed by atoms with E-state index in [1.165, 1.54) is 11.1 Å². The number of hydrogen-bond acceptors (Lipinski definition) is 4. The molecule has 0 radical (unpaired) electrons. The van der Waals surface area contributed by atoms with Crippen molar-refractivity contribution in [2.75, 3.05) is 19.0 Å². The van der Waals surface area contributed by atoms with Crippen molar-refractivity contribution in [3.63, 3.8) is 0 Å². The molecule has 0 spiro atoms. The molecule has 2 aromatic rings. The Bertz CT molecular complexity index is 596. The molecular formula is C16H21N3O. The van der Waals surface area contributed by atoms with Gasteiger partial charge in [0.1, 0.15) is 12.4 Å². The number of anilines is 1. The van der Waals surface area contributed by atoms with Crippen LogP contribution in [0.3, 0.4) is 0 Å². The molecule has 0 aliphatic rings. The first-order valence-electron chi connectivity index (χ1n) is 6.85. The summed E-state index contributed by atoms with van der Waals surface area (Å²) in [6, 6.07) is 8.23. The fourth-order valence-corrected chi connectivity index (χ4v) is 2.05. The SMILES string of the molecule is CCOCc1nc(NC)cc(-c2cccc(C)c2C)n1. The first-order chi connectivity index (χ1) is 9.65. The Hall–Kier alpha value is -1.94. The molecular weight excluding hydrogens is 250 g/mol. The van der Waals surface area contributed by atoms with E-state index in [0.29, 0.717) is 19.0 Å². The summed E-state index contributed by atoms with van der Waals surface area (Å²) >= 11 is 0. The molecule has 1 aromatic heterocycles. The van der Waals surface area contributed by atoms with E-state index in [9.17, 15) is 0 Å². The Morgan fingerprint density at radius 1 is 1.20 bits per heavy atom. The van der Waals surface area contributed by atoms with E-state index in [-0.39, 0.29) is 0 Å². The highest BCUT2D eigenvalue weighted by molar-refractivity contribution is 5.67. The minimum atomic E-state index is 0.434. The number of rotatable bonds is 5. The Morgan fingerprint density at radius 2 is 2.00 bits per heavy atom. The monoisotopic (exact) mass is 271 g/mol. The maximum atomic E-state index is 5.41. The van der Waals surface area contributed by atoms with Crippen LogP contribution in [0.5, 0.6) is 0 Å². The van der Waals surface area contributed by atoms with Gasteiger partial charge in [-0.05, 0) is 31.9 Å². The largest absolute Gasteiger partial charge is 0.374 e. The molecule has 2 rings (SSSR count). The molecule has 1 N–H and O–H groups in total. The molecule has 20 heavy (non-hydrogen) atoms. The van der Waals surface area contributed by atoms with Crippen LogP contribution >= 0.6 is 0 Å². The quantitative estimate of drug-likeness (QED) is 0.906. The molecule has 1 heterocycles. The smallest absolute Gasteiger partial charge is 0.157 e. The fourth-order valence-electron chi connectivity index (χ4n) is 2.05. The normalized spacial score (nSPS) is 10.6. The second-order valence-corrected chi connectivity index (χ2v) is 4.69. The van der Waals surface area contributed by atoms with Crippen LogP contribution in [0.25, 0.3) is 11.3 Å². The predicted octanol–water partition coefficient (Wildman–Crippen LogP) is 3.34. The molecule has 0 saturated carbocycles. The van der Waals surface area contributed by atoms with Crippen molar-refractivity contribution in [1.82, 2.24) is 9.97 Å². The van der Waals surface area contributed by atoms with E-state index in [4.69, 9.17) is 4.74 Å². The van der Waals surface area contributed by atoms with Crippen molar-refractivity contribution in [2.45, 2.75) is 27.4 Å². The molecule has 4 nitrogen and oxygen atoms in total. The summed E-state index contributed by atoms with van der Waals surface area (Å²) in [5.41, 5.74) is 4.58. The highest BCUT2D eigenvalue weighted by Crippen LogP contribution is 2.25. The zero-order chi connectivity index (χ0) is 14.5. The Labute approximate surface area is 120 Å². The van der Waals surface area contributed by atoms with Crippen LogP contribution in [0.1, 0.15) is 23.9 Å². The minimum absolute atomic E-state index is 0.434. The average molecular weight is 271 g/mol. The van der Waals surface area contributed by atoms with E-state index in [1.807, 2.05) is 20.0 Å². The van der Waals surface area contributed by atoms with E-state index in [1.54, 1.807) is 0 Å². The highest BCUT2D eigenvalue weighted by Gasteiger charge is 2.09. The van der Waals surface area contributed by atoms with Crippen molar-refractivity contribution >= 4 is 5.82 Å². The molecule has 0 amide bonds. The Balaban J connectivity index is 2.47. The first kappa shape index (κ1) is 14.5. The summed E-state index contributed by atoms with van der Waals surface area (Å²) in [4.78, 5) is 9.03. The molecule has 0 aliphatic heterocycles. The van der Waals surface area contributed by atoms with E-state index in [0.717, 1.165) is 17.1 Å². The average Bonchev–Trinajstić information content (AvgIpc) is 2.47. The lowest BCUT2D eigenvalue weighted by Gasteiger charge is -2.11. The summed E-state index contributed by atoms with van der Waals surface area (Å²) in [5.74, 6) is 1.51. The van der Waals surface area contributed by atoms with Gasteiger partial charge in [0.05, 0.1) is 5.69 Å². The number of nitrogens with one attached hydrogen (secondary N) is 1. The van der Waals surface area contributed by atoms with Gasteiger partial charge in [0, 0.05) is 25.3 Å². The van der Waals surface area contributed by atoms with Gasteiger partial charge in [0.25, 0.3) is 0 Å². The highest BCUT2D eigenvalue weighted by atomic mass is 16.5. The molecule has 0 aliphatic carbocycles. The van der Waals surface area contributed by atoms with Gasteiger partial charge in [-0.25, -0.2) is 9.97 Å². The number of ether oxygens (including phenoxy) is 1. The standard InChI is InChI=1S/C16H21N3O/c1-5-20-10-16-18-14(9-15(17-4)19-16)13-8-6-7-11(2)12(13)3/h6-9H,5,10H2,1-4H3,(H,17,18,19). The van der Waals surface area contributed by atoms with Crippen molar-refractivity contribution in [1.29, 1.82) is 0 Å². The van der Waals surface area contributed by atoms with Crippen molar-refractivity contribution in [3.8, 4) is 11.3 Å². The third kappa shape index (κ3) is 3.14. The van der Waals surface area contributed by atoms with Gasteiger partial charge >= 0.3 is 0 Å². The number of hydrogen-bond donors (Lipinski definition) is 1. The third-order valence-corrected chi connectivity index (χ3v) is 3.34. The minimum Gasteiger partial charge on any atom is -0.374 e. The van der Waals surface area contributed by atoms with Crippen LogP contribution in [0.4, 0.5) is 5.82 Å². The fraction of sp³-hybridized carbons (Fsp3) is 0.375. The van der Waals surface area contributed by atoms with E-state index < -0.39 is 0 Å². The van der Waals surface area contributed by atoms with Crippen LogP contribution in [0.2, 0.25) is 0 Å². The molecule has 1 aromatic carbocycles. The lowest BCUT2D eigenvalue weighted by Crippen LogP contribution is -2.04. The zero-order valence-electron chi connectivity index (χ0n) is 12.5. The lowest BCUT2D eigenvalue weighted by atomic mass is 10.0. The van der Waals surface area contributed by atoms with E-state index >= 15 is 0 Å². The van der Waals surface area contributed by atoms with Crippen molar-refractivity contribution in [2.24, 2.45) is 0 Å². The molecule has 0 atom stereocenters. The van der Waals surface area contributed by atoms with Gasteiger partial charge in [-0.1, -0.05) is 18.2 Å². The predicted molar refractivity (Wildman–Crippen MR) is 81.8 cm³/mol. The van der Waals surface area contributed by atoms with Gasteiger partial charge in [0.15, 0.2) is 5.82 Å². The lowest BCUT2D eigenvalue weighted by molar-refractivity contribution is 0.128. The summed E-state index contributed by atoms with van der Waals surface area (Å²) in [6.45, 7) is 7.29. The number of aromatic nitrogens is 2. The molecule has 0 fully saturated rings. The first-order valence-corrected chi connectivity index (χ1v) is 6.85. The number of nitrogens with zero attached hydrogens (tertiary/aromatic N) is 2. The summed E-state index contributed by atoms with van der Waals surface area (Å²) in [5, 5.41) is 3.08. The molecule has 0 saturated heterocycles. The second kappa shape index (κ2) is 6.48. The Kier molecular flexibility index (Phi) is 4.69. The van der Waals surface area contributed by atoms with Crippen LogP contribution in [0.15, 0.2) is 24.3 Å². The topological polar surface area (TPSA) is 47.0 Å². The third-order valence-electron chi connectivity index (χ3n) is 3.34. The molecule has 0 unspecified atom stereocenters. The van der Waals surface area contributed by atoms with Crippen molar-refractivity contribution in [3.05, 3.63) is 41.2 Å². The number of aryl methyl sites for hydroxylation is 1. The number of benzene rings is 1. The summed E-state index contributed by atoms with van der Waals surface area (Å²) in [6.07, 6.45) is 0. The van der Waals surface area contributed by atoms with Gasteiger partial charge in [-0.15, -0.1) is 0 Å². The van der Waals surface area contributed by atoms with Gasteiger partial charge in [-0.2, -0.15) is 0 Å². The van der Waals surface area contributed by atoms with Gasteiger partial charge in [0.2, 0.25) is 0 Å². The van der Waals surface area contributed by atoms with E-state index in [2.05, 4.69) is 47.3 Å². The maximum Gasteiger partial charge on any atom is 0.157 e. The van der Waals surface area contributed by atoms with Gasteiger partial charge in [-0.3, -0.25) is 0 Å². The second-order valence-electron chi connectivity index (χ2n) is 4.69. The molecule has 106 valence electrons. The van der Waals surface area contributed by atoms with Gasteiger partial charge < -0.3 is 10.1 Å². The van der Waals surface area contributed by atoms with Crippen LogP contribution in [-0.4, -0.2) is 23.6 Å². The zero-order valence-corrected chi connectivity index (χ0v) is 12.5. The molecule has 4 heteroatoms.